The molecule has 62 heavy (non-hydrogen) atoms. The number of unbranched alkanes of at least 4 members (excludes halogenated alkanes) is 8. The van der Waals surface area contributed by atoms with E-state index in [-0.39, 0.29) is 23.3 Å². The zero-order valence-electron chi connectivity index (χ0n) is 39.9. The second-order valence-electron chi connectivity index (χ2n) is 21.1. The van der Waals surface area contributed by atoms with Crippen molar-refractivity contribution < 1.29 is 23.8 Å². The highest BCUT2D eigenvalue weighted by Gasteiger charge is 2.59. The van der Waals surface area contributed by atoms with Crippen molar-refractivity contribution in [1.82, 2.24) is 0 Å². The molecule has 0 radical (unpaired) electrons. The highest BCUT2D eigenvalue weighted by Crippen LogP contribution is 2.67. The molecule has 4 aliphatic rings. The molecule has 1 unspecified atom stereocenters. The number of ketones is 1. The van der Waals surface area contributed by atoms with E-state index in [1.54, 1.807) is 11.6 Å². The lowest BCUT2D eigenvalue weighted by molar-refractivity contribution is -0.151. The minimum absolute atomic E-state index is 0.0106. The van der Waals surface area contributed by atoms with E-state index in [0.717, 1.165) is 97.7 Å². The van der Waals surface area contributed by atoms with E-state index in [1.807, 2.05) is 54.6 Å². The van der Waals surface area contributed by atoms with Crippen molar-refractivity contribution in [2.75, 3.05) is 13.2 Å². The van der Waals surface area contributed by atoms with Crippen LogP contribution in [0.15, 0.2) is 66.3 Å². The van der Waals surface area contributed by atoms with Crippen LogP contribution in [0.5, 0.6) is 11.5 Å². The number of benzene rings is 2. The molecular weight excluding hydrogens is 765 g/mol. The molecule has 2 aromatic rings. The van der Waals surface area contributed by atoms with Gasteiger partial charge in [-0.05, 0) is 159 Å². The summed E-state index contributed by atoms with van der Waals surface area (Å²) in [5.74, 6) is 6.50. The highest BCUT2D eigenvalue weighted by molar-refractivity contribution is 6.06. The molecule has 0 heterocycles. The third kappa shape index (κ3) is 12.9. The molecule has 5 heteroatoms. The standard InChI is InChI=1S/C57H84O5/c1-7-8-9-10-11-12-13-15-39-60-47-27-21-44(22-28-47)23-34-54(58)45-24-29-48(30-25-45)61-40-16-14-20-55(59)62-49-35-37-56(5)46(41-49)26-31-50-52-33-32-51(43(4)19-17-18-42(2)3)57(52,6)38-36-53(50)56/h21-30,34,42-43,49-53H,7-20,31-33,35-41H2,1-6H3/b34-23+/t43-,49?,50+,51-,52+,53+,56+,57-/m1/s1. The van der Waals surface area contributed by atoms with Gasteiger partial charge in [0.1, 0.15) is 17.6 Å². The van der Waals surface area contributed by atoms with Gasteiger partial charge in [0, 0.05) is 18.4 Å². The first-order chi connectivity index (χ1) is 30.0. The maximum absolute atomic E-state index is 13.0. The molecule has 2 aromatic carbocycles. The van der Waals surface area contributed by atoms with Gasteiger partial charge in [-0.1, -0.05) is 136 Å². The van der Waals surface area contributed by atoms with Crippen LogP contribution >= 0.6 is 0 Å². The smallest absolute Gasteiger partial charge is 0.306 e. The van der Waals surface area contributed by atoms with E-state index in [0.29, 0.717) is 24.0 Å². The molecule has 3 fully saturated rings. The van der Waals surface area contributed by atoms with Crippen LogP contribution in [0.2, 0.25) is 0 Å². The highest BCUT2D eigenvalue weighted by atomic mass is 16.5. The Hall–Kier alpha value is -3.34. The van der Waals surface area contributed by atoms with Gasteiger partial charge in [-0.25, -0.2) is 0 Å². The minimum Gasteiger partial charge on any atom is -0.494 e. The number of hydrogen-bond acceptors (Lipinski definition) is 5. The Bertz CT molecular complexity index is 1740. The number of ether oxygens (including phenoxy) is 3. The second kappa shape index (κ2) is 23.5. The maximum atomic E-state index is 13.0. The van der Waals surface area contributed by atoms with Crippen molar-refractivity contribution >= 4 is 17.8 Å². The van der Waals surface area contributed by atoms with Crippen molar-refractivity contribution in [3.05, 3.63) is 77.4 Å². The summed E-state index contributed by atoms with van der Waals surface area (Å²) in [4.78, 5) is 25.8. The lowest BCUT2D eigenvalue weighted by atomic mass is 9.47. The molecule has 0 N–H and O–H groups in total. The Labute approximate surface area is 377 Å². The largest absolute Gasteiger partial charge is 0.494 e. The molecule has 0 amide bonds. The predicted molar refractivity (Wildman–Crippen MR) is 257 cm³/mol. The monoisotopic (exact) mass is 849 g/mol. The zero-order valence-corrected chi connectivity index (χ0v) is 39.9. The first-order valence-corrected chi connectivity index (χ1v) is 25.6. The number of esters is 1. The van der Waals surface area contributed by atoms with Crippen molar-refractivity contribution in [3.8, 4) is 11.5 Å². The maximum Gasteiger partial charge on any atom is 0.306 e. The number of carbonyl (C=O) groups excluding carboxylic acids is 2. The lowest BCUT2D eigenvalue weighted by Gasteiger charge is -2.58. The molecule has 0 bridgehead atoms. The van der Waals surface area contributed by atoms with Gasteiger partial charge in [0.15, 0.2) is 5.78 Å². The fourth-order valence-electron chi connectivity index (χ4n) is 12.6. The van der Waals surface area contributed by atoms with Crippen molar-refractivity contribution in [3.63, 3.8) is 0 Å². The van der Waals surface area contributed by atoms with E-state index >= 15 is 0 Å². The van der Waals surface area contributed by atoms with Crippen LogP contribution in [-0.4, -0.2) is 31.1 Å². The number of allylic oxidation sites excluding steroid dienone is 2. The Morgan fingerprint density at radius 3 is 2.08 bits per heavy atom. The van der Waals surface area contributed by atoms with Gasteiger partial charge in [-0.3, -0.25) is 9.59 Å². The van der Waals surface area contributed by atoms with Crippen LogP contribution in [0.3, 0.4) is 0 Å². The first kappa shape index (κ1) is 48.1. The van der Waals surface area contributed by atoms with Crippen LogP contribution in [0.4, 0.5) is 0 Å². The SMILES string of the molecule is CCCCCCCCCCOc1ccc(/C=C/C(=O)c2ccc(OCCCCC(=O)OC3CC[C@@]4(C)C(=CC[C@H]5[C@@H]6CC[C@H]([C@H](C)CCCC(C)C)[C@@]6(C)CC[C@@H]54)C3)cc2)cc1. The van der Waals surface area contributed by atoms with Gasteiger partial charge in [0.25, 0.3) is 0 Å². The molecule has 0 saturated heterocycles. The molecule has 4 aliphatic carbocycles. The molecule has 0 spiro atoms. The van der Waals surface area contributed by atoms with Gasteiger partial charge in [-0.15, -0.1) is 0 Å². The fourth-order valence-corrected chi connectivity index (χ4v) is 12.6. The van der Waals surface area contributed by atoms with Gasteiger partial charge in [0.05, 0.1) is 13.2 Å². The molecule has 8 atom stereocenters. The van der Waals surface area contributed by atoms with E-state index in [9.17, 15) is 9.59 Å². The van der Waals surface area contributed by atoms with Gasteiger partial charge < -0.3 is 14.2 Å². The van der Waals surface area contributed by atoms with Gasteiger partial charge in [-0.2, -0.15) is 0 Å². The minimum atomic E-state index is -0.0740. The summed E-state index contributed by atoms with van der Waals surface area (Å²) in [6.45, 7) is 16.1. The predicted octanol–water partition coefficient (Wildman–Crippen LogP) is 15.6. The first-order valence-electron chi connectivity index (χ1n) is 25.6. The molecule has 342 valence electrons. The van der Waals surface area contributed by atoms with Crippen LogP contribution in [0.1, 0.15) is 199 Å². The molecule has 5 nitrogen and oxygen atoms in total. The summed E-state index contributed by atoms with van der Waals surface area (Å²) >= 11 is 0. The summed E-state index contributed by atoms with van der Waals surface area (Å²) < 4.78 is 18.0. The third-order valence-electron chi connectivity index (χ3n) is 16.3. The molecule has 6 rings (SSSR count). The third-order valence-corrected chi connectivity index (χ3v) is 16.3. The number of hydrogen-bond donors (Lipinski definition) is 0. The normalized spacial score (nSPS) is 27.3. The Balaban J connectivity index is 0.849. The average Bonchev–Trinajstić information content (AvgIpc) is 3.63. The van der Waals surface area contributed by atoms with Crippen LogP contribution in [-0.2, 0) is 9.53 Å². The molecule has 3 saturated carbocycles. The quantitative estimate of drug-likeness (QED) is 0.0327. The summed E-state index contributed by atoms with van der Waals surface area (Å²) in [7, 11) is 0. The number of rotatable bonds is 25. The van der Waals surface area contributed by atoms with Gasteiger partial charge in [0.2, 0.25) is 0 Å². The van der Waals surface area contributed by atoms with Crippen molar-refractivity contribution in [1.29, 1.82) is 0 Å². The Morgan fingerprint density at radius 2 is 1.39 bits per heavy atom. The second-order valence-corrected chi connectivity index (χ2v) is 21.1. The van der Waals surface area contributed by atoms with Crippen LogP contribution < -0.4 is 9.47 Å². The number of fused-ring (bicyclic) bond motifs is 5. The number of carbonyl (C=O) groups is 2. The Kier molecular flexibility index (Phi) is 18.3. The van der Waals surface area contributed by atoms with Crippen LogP contribution in [0, 0.1) is 46.3 Å². The fraction of sp³-hybridized carbons (Fsp3) is 0.684. The van der Waals surface area contributed by atoms with E-state index in [2.05, 4.69) is 47.6 Å². The molecular formula is C57H84O5. The van der Waals surface area contributed by atoms with E-state index < -0.39 is 0 Å². The summed E-state index contributed by atoms with van der Waals surface area (Å²) in [5.41, 5.74) is 3.94. The van der Waals surface area contributed by atoms with E-state index in [4.69, 9.17) is 14.2 Å². The van der Waals surface area contributed by atoms with E-state index in [1.165, 1.54) is 96.3 Å². The molecule has 0 aromatic heterocycles. The lowest BCUT2D eigenvalue weighted by Crippen LogP contribution is -2.51. The Morgan fingerprint density at radius 1 is 0.726 bits per heavy atom. The summed E-state index contributed by atoms with van der Waals surface area (Å²) in [6, 6.07) is 15.2. The molecule has 0 aliphatic heterocycles. The zero-order chi connectivity index (χ0) is 44.0. The van der Waals surface area contributed by atoms with Crippen LogP contribution in [0.25, 0.3) is 6.08 Å². The average molecular weight is 849 g/mol. The van der Waals surface area contributed by atoms with Gasteiger partial charge >= 0.3 is 5.97 Å². The topological polar surface area (TPSA) is 61.8 Å². The van der Waals surface area contributed by atoms with Crippen molar-refractivity contribution in [2.45, 2.75) is 189 Å². The summed E-state index contributed by atoms with van der Waals surface area (Å²) in [5, 5.41) is 0. The van der Waals surface area contributed by atoms with Crippen molar-refractivity contribution in [2.24, 2.45) is 46.3 Å². The summed E-state index contributed by atoms with van der Waals surface area (Å²) in [6.07, 6.45) is 32.4.